The molecule has 100 valence electrons. The highest BCUT2D eigenvalue weighted by Gasteiger charge is 2.35. The van der Waals surface area contributed by atoms with Gasteiger partial charge in [0.1, 0.15) is 5.75 Å². The smallest absolute Gasteiger partial charge is 0.293 e. The molecule has 0 spiro atoms. The van der Waals surface area contributed by atoms with Gasteiger partial charge in [-0.1, -0.05) is 32.0 Å². The highest BCUT2D eigenvalue weighted by Crippen LogP contribution is 2.33. The van der Waals surface area contributed by atoms with Crippen LogP contribution in [0.25, 0.3) is 6.08 Å². The first-order valence-corrected chi connectivity index (χ1v) is 6.84. The number of nitrogens with zero attached hydrogens (tertiary/aromatic N) is 1. The van der Waals surface area contributed by atoms with E-state index >= 15 is 0 Å². The van der Waals surface area contributed by atoms with Crippen LogP contribution >= 0.6 is 11.8 Å². The Bertz CT molecular complexity index is 551. The molecule has 0 bridgehead atoms. The number of imide groups is 1. The Hall–Kier alpha value is -1.75. The van der Waals surface area contributed by atoms with Crippen LogP contribution in [0.3, 0.4) is 0 Å². The zero-order chi connectivity index (χ0) is 14.0. The molecular weight excluding hydrogens is 262 g/mol. The fourth-order valence-corrected chi connectivity index (χ4v) is 2.61. The van der Waals surface area contributed by atoms with Crippen molar-refractivity contribution in [1.82, 2.24) is 4.90 Å². The molecule has 0 atom stereocenters. The lowest BCUT2D eigenvalue weighted by Crippen LogP contribution is -2.31. The zero-order valence-corrected chi connectivity index (χ0v) is 11.6. The van der Waals surface area contributed by atoms with Gasteiger partial charge in [-0.2, -0.15) is 0 Å². The summed E-state index contributed by atoms with van der Waals surface area (Å²) in [5.41, 5.74) is 0.539. The predicted molar refractivity (Wildman–Crippen MR) is 75.6 cm³/mol. The van der Waals surface area contributed by atoms with Crippen LogP contribution in [0.2, 0.25) is 0 Å². The number of hydrogen-bond acceptors (Lipinski definition) is 4. The Labute approximate surface area is 116 Å². The molecule has 1 aromatic rings. The quantitative estimate of drug-likeness (QED) is 0.863. The highest BCUT2D eigenvalue weighted by atomic mass is 32.2. The third-order valence-electron chi connectivity index (χ3n) is 2.64. The number of hydrogen-bond donors (Lipinski definition) is 1. The molecule has 1 aromatic carbocycles. The van der Waals surface area contributed by atoms with E-state index in [-0.39, 0.29) is 22.8 Å². The lowest BCUT2D eigenvalue weighted by Gasteiger charge is -2.14. The van der Waals surface area contributed by atoms with Crippen LogP contribution in [0.4, 0.5) is 4.79 Å². The standard InChI is InChI=1S/C14H15NO3S/c1-9(2)8-15-13(17)12(19-14(15)18)7-10-5-3-4-6-11(10)16/h3-7,9,16H,8H2,1-2H3. The maximum Gasteiger partial charge on any atom is 0.293 e. The van der Waals surface area contributed by atoms with Gasteiger partial charge in [0, 0.05) is 12.1 Å². The van der Waals surface area contributed by atoms with E-state index in [4.69, 9.17) is 0 Å². The molecule has 5 heteroatoms. The average molecular weight is 277 g/mol. The largest absolute Gasteiger partial charge is 0.507 e. The summed E-state index contributed by atoms with van der Waals surface area (Å²) in [5, 5.41) is 9.42. The lowest BCUT2D eigenvalue weighted by atomic mass is 10.2. The number of para-hydroxylation sites is 1. The summed E-state index contributed by atoms with van der Waals surface area (Å²) in [6.45, 7) is 4.33. The van der Waals surface area contributed by atoms with E-state index in [9.17, 15) is 14.7 Å². The van der Waals surface area contributed by atoms with Crippen molar-refractivity contribution in [1.29, 1.82) is 0 Å². The molecule has 0 aromatic heterocycles. The Morgan fingerprint density at radius 1 is 1.32 bits per heavy atom. The van der Waals surface area contributed by atoms with Crippen molar-refractivity contribution in [2.24, 2.45) is 5.92 Å². The molecule has 0 aliphatic carbocycles. The summed E-state index contributed by atoms with van der Waals surface area (Å²) in [4.78, 5) is 25.5. The van der Waals surface area contributed by atoms with Crippen LogP contribution < -0.4 is 0 Å². The van der Waals surface area contributed by atoms with E-state index in [0.717, 1.165) is 11.8 Å². The second kappa shape index (κ2) is 5.48. The van der Waals surface area contributed by atoms with Crippen molar-refractivity contribution in [3.05, 3.63) is 34.7 Å². The molecule has 1 heterocycles. The van der Waals surface area contributed by atoms with Gasteiger partial charge < -0.3 is 5.11 Å². The van der Waals surface area contributed by atoms with Gasteiger partial charge in [-0.15, -0.1) is 0 Å². The number of carbonyl (C=O) groups is 2. The molecule has 1 fully saturated rings. The van der Waals surface area contributed by atoms with E-state index in [1.165, 1.54) is 4.90 Å². The molecule has 2 rings (SSSR count). The third-order valence-corrected chi connectivity index (χ3v) is 3.55. The average Bonchev–Trinajstić information content (AvgIpc) is 2.60. The second-order valence-corrected chi connectivity index (χ2v) is 5.74. The van der Waals surface area contributed by atoms with Crippen LogP contribution in [0, 0.1) is 5.92 Å². The molecule has 2 amide bonds. The van der Waals surface area contributed by atoms with Crippen LogP contribution in [-0.2, 0) is 4.79 Å². The molecule has 4 nitrogen and oxygen atoms in total. The van der Waals surface area contributed by atoms with Crippen molar-refractivity contribution in [2.75, 3.05) is 6.54 Å². The van der Waals surface area contributed by atoms with Crippen molar-refractivity contribution in [2.45, 2.75) is 13.8 Å². The van der Waals surface area contributed by atoms with Crippen LogP contribution in [0.15, 0.2) is 29.2 Å². The van der Waals surface area contributed by atoms with Gasteiger partial charge >= 0.3 is 0 Å². The van der Waals surface area contributed by atoms with E-state index in [0.29, 0.717) is 17.0 Å². The fraction of sp³-hybridized carbons (Fsp3) is 0.286. The summed E-state index contributed by atoms with van der Waals surface area (Å²) in [6.07, 6.45) is 1.56. The summed E-state index contributed by atoms with van der Waals surface area (Å²) < 4.78 is 0. The summed E-state index contributed by atoms with van der Waals surface area (Å²) in [7, 11) is 0. The monoisotopic (exact) mass is 277 g/mol. The minimum Gasteiger partial charge on any atom is -0.507 e. The summed E-state index contributed by atoms with van der Waals surface area (Å²) in [5.74, 6) is 0.0445. The maximum atomic E-state index is 12.1. The van der Waals surface area contributed by atoms with Gasteiger partial charge in [-0.05, 0) is 29.8 Å². The number of amides is 2. The number of thioether (sulfide) groups is 1. The van der Waals surface area contributed by atoms with Crippen molar-refractivity contribution < 1.29 is 14.7 Å². The number of phenols is 1. The van der Waals surface area contributed by atoms with Gasteiger partial charge in [0.2, 0.25) is 0 Å². The third kappa shape index (κ3) is 2.98. The van der Waals surface area contributed by atoms with E-state index in [2.05, 4.69) is 0 Å². The highest BCUT2D eigenvalue weighted by molar-refractivity contribution is 8.18. The second-order valence-electron chi connectivity index (χ2n) is 4.74. The minimum absolute atomic E-state index is 0.0955. The number of rotatable bonds is 3. The SMILES string of the molecule is CC(C)CN1C(=O)SC(=Cc2ccccc2O)C1=O. The Morgan fingerprint density at radius 3 is 2.63 bits per heavy atom. The van der Waals surface area contributed by atoms with Crippen molar-refractivity contribution in [3.63, 3.8) is 0 Å². The zero-order valence-electron chi connectivity index (χ0n) is 10.8. The Balaban J connectivity index is 2.26. The number of aromatic hydroxyl groups is 1. The van der Waals surface area contributed by atoms with Gasteiger partial charge in [-0.25, -0.2) is 0 Å². The predicted octanol–water partition coefficient (Wildman–Crippen LogP) is 3.08. The van der Waals surface area contributed by atoms with Gasteiger partial charge in [0.25, 0.3) is 11.1 Å². The first-order valence-electron chi connectivity index (χ1n) is 6.02. The number of carbonyl (C=O) groups excluding carboxylic acids is 2. The fourth-order valence-electron chi connectivity index (χ4n) is 1.77. The van der Waals surface area contributed by atoms with E-state index in [1.807, 2.05) is 13.8 Å². The molecule has 0 saturated carbocycles. The van der Waals surface area contributed by atoms with E-state index in [1.54, 1.807) is 30.3 Å². The van der Waals surface area contributed by atoms with Crippen LogP contribution in [0.5, 0.6) is 5.75 Å². The molecule has 19 heavy (non-hydrogen) atoms. The molecule has 1 aliphatic heterocycles. The van der Waals surface area contributed by atoms with Gasteiger partial charge in [0.15, 0.2) is 0 Å². The Kier molecular flexibility index (Phi) is 3.95. The topological polar surface area (TPSA) is 57.6 Å². The molecule has 1 aliphatic rings. The molecule has 0 unspecified atom stereocenters. The summed E-state index contributed by atoms with van der Waals surface area (Å²) in [6, 6.07) is 6.72. The van der Waals surface area contributed by atoms with Crippen LogP contribution in [0.1, 0.15) is 19.4 Å². The molecule has 0 radical (unpaired) electrons. The van der Waals surface area contributed by atoms with E-state index < -0.39 is 0 Å². The first-order chi connectivity index (χ1) is 8.99. The lowest BCUT2D eigenvalue weighted by molar-refractivity contribution is -0.123. The van der Waals surface area contributed by atoms with Gasteiger partial charge in [0.05, 0.1) is 4.91 Å². The first kappa shape index (κ1) is 13.7. The number of phenolic OH excluding ortho intramolecular Hbond substituents is 1. The van der Waals surface area contributed by atoms with Crippen molar-refractivity contribution >= 4 is 29.0 Å². The normalized spacial score (nSPS) is 17.8. The van der Waals surface area contributed by atoms with Gasteiger partial charge in [-0.3, -0.25) is 14.5 Å². The molecule has 1 saturated heterocycles. The molecule has 1 N–H and O–H groups in total. The minimum atomic E-state index is -0.285. The maximum absolute atomic E-state index is 12.1. The Morgan fingerprint density at radius 2 is 2.00 bits per heavy atom. The number of benzene rings is 1. The summed E-state index contributed by atoms with van der Waals surface area (Å²) >= 11 is 0.915. The van der Waals surface area contributed by atoms with Crippen LogP contribution in [-0.4, -0.2) is 27.7 Å². The molecular formula is C14H15NO3S. The van der Waals surface area contributed by atoms with Crippen molar-refractivity contribution in [3.8, 4) is 5.75 Å².